The molecule has 0 radical (unpaired) electrons. The molecule has 1 aromatic rings. The zero-order valence-corrected chi connectivity index (χ0v) is 11.7. The molecule has 5 rings (SSSR count). The van der Waals surface area contributed by atoms with Gasteiger partial charge in [0.05, 0.1) is 0 Å². The number of rotatable bonds is 0. The predicted molar refractivity (Wildman–Crippen MR) is 75.8 cm³/mol. The number of aryl methyl sites for hydroxylation is 1. The number of hydrazine groups is 5. The minimum absolute atomic E-state index is 0.0970. The van der Waals surface area contributed by atoms with Crippen molar-refractivity contribution < 1.29 is 0 Å². The van der Waals surface area contributed by atoms with Crippen molar-refractivity contribution in [1.82, 2.24) is 32.6 Å². The molecule has 8 nitrogen and oxygen atoms in total. The smallest absolute Gasteiger partial charge is 0.237 e. The van der Waals surface area contributed by atoms with Gasteiger partial charge >= 0.3 is 0 Å². The lowest BCUT2D eigenvalue weighted by Crippen LogP contribution is -2.55. The molecule has 0 saturated carbocycles. The van der Waals surface area contributed by atoms with Crippen LogP contribution < -0.4 is 32.6 Å². The van der Waals surface area contributed by atoms with Crippen LogP contribution in [0, 0.1) is 0 Å². The maximum absolute atomic E-state index is 4.30. The van der Waals surface area contributed by atoms with E-state index in [0.717, 1.165) is 5.96 Å². The summed E-state index contributed by atoms with van der Waals surface area (Å²) in [5, 5.41) is 9.57. The molecule has 1 unspecified atom stereocenters. The Morgan fingerprint density at radius 1 is 1.15 bits per heavy atom. The molecule has 9 heteroatoms. The zero-order valence-electron chi connectivity index (χ0n) is 10.9. The average molecular weight is 292 g/mol. The molecule has 1 fully saturated rings. The Kier molecular flexibility index (Phi) is 2.29. The van der Waals surface area contributed by atoms with Crippen LogP contribution in [0.3, 0.4) is 0 Å². The second-order valence-electron chi connectivity index (χ2n) is 5.41. The third-order valence-corrected chi connectivity index (χ3v) is 5.59. The first-order valence-electron chi connectivity index (χ1n) is 7.02. The highest BCUT2D eigenvalue weighted by atomic mass is 32.1. The quantitative estimate of drug-likeness (QED) is 0.429. The molecule has 1 aliphatic carbocycles. The summed E-state index contributed by atoms with van der Waals surface area (Å²) in [5.74, 6) is 0.830. The van der Waals surface area contributed by atoms with E-state index in [2.05, 4.69) is 32.7 Å². The van der Waals surface area contributed by atoms with Gasteiger partial charge in [-0.05, 0) is 31.2 Å². The van der Waals surface area contributed by atoms with Crippen LogP contribution in [0.5, 0.6) is 0 Å². The van der Waals surface area contributed by atoms with Crippen molar-refractivity contribution in [3.63, 3.8) is 0 Å². The number of hydrazone groups is 1. The molecule has 0 amide bonds. The molecular formula is C11H16N8S. The summed E-state index contributed by atoms with van der Waals surface area (Å²) >= 11 is 1.90. The summed E-state index contributed by atoms with van der Waals surface area (Å²) in [5.41, 5.74) is 18.3. The minimum Gasteiger partial charge on any atom is -0.237 e. The second-order valence-corrected chi connectivity index (χ2v) is 6.49. The van der Waals surface area contributed by atoms with Gasteiger partial charge in [-0.1, -0.05) is 6.42 Å². The van der Waals surface area contributed by atoms with Gasteiger partial charge < -0.3 is 0 Å². The Morgan fingerprint density at radius 3 is 3.10 bits per heavy atom. The second kappa shape index (κ2) is 4.06. The number of nitrogens with one attached hydrogen (secondary N) is 5. The summed E-state index contributed by atoms with van der Waals surface area (Å²) < 4.78 is 0. The Hall–Kier alpha value is -1.39. The van der Waals surface area contributed by atoms with Crippen LogP contribution >= 0.6 is 11.3 Å². The number of guanidine groups is 1. The molecule has 106 valence electrons. The first-order valence-corrected chi connectivity index (χ1v) is 7.83. The van der Waals surface area contributed by atoms with Crippen LogP contribution in [0.4, 0.5) is 5.00 Å². The standard InChI is InChI=1S/C11H16N8S/c1-2-4-6-7(5-3-1)20-10-8(6)9-12-14-16-18(9)11-13-15-17-19(10)11/h9,12,14-17H,1-5H2. The number of nitrogens with zero attached hydrogens (tertiary/aromatic N) is 3. The maximum Gasteiger partial charge on any atom is 0.259 e. The topological polar surface area (TPSA) is 79.0 Å². The van der Waals surface area contributed by atoms with Gasteiger partial charge in [0.25, 0.3) is 5.96 Å². The van der Waals surface area contributed by atoms with Gasteiger partial charge in [0.15, 0.2) is 0 Å². The zero-order chi connectivity index (χ0) is 13.1. The van der Waals surface area contributed by atoms with Gasteiger partial charge in [-0.2, -0.15) is 11.1 Å². The fourth-order valence-electron chi connectivity index (χ4n) is 3.39. The molecule has 4 aliphatic rings. The van der Waals surface area contributed by atoms with Crippen LogP contribution in [0.15, 0.2) is 5.10 Å². The van der Waals surface area contributed by atoms with Gasteiger partial charge in [0, 0.05) is 10.4 Å². The number of anilines is 1. The van der Waals surface area contributed by atoms with E-state index in [-0.39, 0.29) is 6.17 Å². The lowest BCUT2D eigenvalue weighted by Gasteiger charge is -2.34. The van der Waals surface area contributed by atoms with Crippen molar-refractivity contribution in [2.24, 2.45) is 5.10 Å². The Labute approximate surface area is 120 Å². The number of hydrogen-bond acceptors (Lipinski definition) is 9. The fraction of sp³-hybridized carbons (Fsp3) is 0.545. The molecule has 4 heterocycles. The lowest BCUT2D eigenvalue weighted by atomic mass is 10.0. The molecule has 0 spiro atoms. The van der Waals surface area contributed by atoms with E-state index < -0.39 is 0 Å². The fourth-order valence-corrected chi connectivity index (χ4v) is 4.76. The van der Waals surface area contributed by atoms with Crippen LogP contribution in [0.2, 0.25) is 0 Å². The summed E-state index contributed by atoms with van der Waals surface area (Å²) in [6.45, 7) is 0. The van der Waals surface area contributed by atoms with Gasteiger partial charge in [0.2, 0.25) is 0 Å². The van der Waals surface area contributed by atoms with Gasteiger partial charge in [-0.25, -0.2) is 21.0 Å². The number of fused-ring (bicyclic) bond motifs is 8. The normalized spacial score (nSPS) is 27.2. The van der Waals surface area contributed by atoms with Crippen molar-refractivity contribution in [3.05, 3.63) is 16.0 Å². The summed E-state index contributed by atoms with van der Waals surface area (Å²) in [7, 11) is 0. The van der Waals surface area contributed by atoms with E-state index in [4.69, 9.17) is 0 Å². The van der Waals surface area contributed by atoms with Crippen LogP contribution in [0.25, 0.3) is 0 Å². The van der Waals surface area contributed by atoms with Crippen molar-refractivity contribution in [2.45, 2.75) is 38.3 Å². The van der Waals surface area contributed by atoms with Crippen molar-refractivity contribution in [2.75, 3.05) is 5.01 Å². The number of hydrogen-bond donors (Lipinski definition) is 5. The highest BCUT2D eigenvalue weighted by molar-refractivity contribution is 7.16. The van der Waals surface area contributed by atoms with E-state index in [1.807, 2.05) is 21.4 Å². The number of thiophene rings is 1. The third-order valence-electron chi connectivity index (χ3n) is 4.30. The van der Waals surface area contributed by atoms with Crippen LogP contribution in [0.1, 0.15) is 41.4 Å². The van der Waals surface area contributed by atoms with E-state index in [0.29, 0.717) is 0 Å². The van der Waals surface area contributed by atoms with Crippen LogP contribution in [-0.2, 0) is 12.8 Å². The van der Waals surface area contributed by atoms with Gasteiger partial charge in [0.1, 0.15) is 11.2 Å². The molecule has 5 N–H and O–H groups in total. The molecule has 0 bridgehead atoms. The summed E-state index contributed by atoms with van der Waals surface area (Å²) in [6, 6.07) is 0. The van der Waals surface area contributed by atoms with Crippen molar-refractivity contribution >= 4 is 22.3 Å². The minimum atomic E-state index is 0.0970. The first-order chi connectivity index (χ1) is 9.93. The first kappa shape index (κ1) is 11.3. The van der Waals surface area contributed by atoms with E-state index in [1.165, 1.54) is 53.1 Å². The Bertz CT molecular complexity index is 595. The van der Waals surface area contributed by atoms with Gasteiger partial charge in [-0.15, -0.1) is 22.0 Å². The summed E-state index contributed by atoms with van der Waals surface area (Å²) in [6.07, 6.45) is 6.41. The molecule has 20 heavy (non-hydrogen) atoms. The molecule has 1 aromatic heterocycles. The van der Waals surface area contributed by atoms with Crippen molar-refractivity contribution in [1.29, 1.82) is 0 Å². The molecule has 0 aromatic carbocycles. The third kappa shape index (κ3) is 1.36. The average Bonchev–Trinajstić information content (AvgIpc) is 3.12. The maximum atomic E-state index is 4.30. The molecule has 1 atom stereocenters. The van der Waals surface area contributed by atoms with E-state index >= 15 is 0 Å². The largest absolute Gasteiger partial charge is 0.259 e. The monoisotopic (exact) mass is 292 g/mol. The van der Waals surface area contributed by atoms with Gasteiger partial charge in [-0.3, -0.25) is 0 Å². The van der Waals surface area contributed by atoms with E-state index in [9.17, 15) is 0 Å². The van der Waals surface area contributed by atoms with E-state index in [1.54, 1.807) is 0 Å². The van der Waals surface area contributed by atoms with Crippen LogP contribution in [-0.4, -0.2) is 11.0 Å². The predicted octanol–water partition coefficient (Wildman–Crippen LogP) is -0.0412. The van der Waals surface area contributed by atoms with Crippen molar-refractivity contribution in [3.8, 4) is 0 Å². The Balaban J connectivity index is 1.71. The molecule has 1 saturated heterocycles. The lowest BCUT2D eigenvalue weighted by molar-refractivity contribution is 0.287. The summed E-state index contributed by atoms with van der Waals surface area (Å²) in [4.78, 5) is 1.54. The SMILES string of the molecule is C1CCc2sc3c(c2CC1)C1NNNN1C1=NNNN13. The molecular weight excluding hydrogens is 276 g/mol. The Morgan fingerprint density at radius 2 is 2.10 bits per heavy atom. The highest BCUT2D eigenvalue weighted by Gasteiger charge is 2.45. The molecule has 3 aliphatic heterocycles. The highest BCUT2D eigenvalue weighted by Crippen LogP contribution is 2.46.